The van der Waals surface area contributed by atoms with Crippen LogP contribution in [0.4, 0.5) is 24.8 Å². The van der Waals surface area contributed by atoms with E-state index in [4.69, 9.17) is 0 Å². The molecule has 2 aromatic carbocycles. The molecule has 3 heterocycles. The highest BCUT2D eigenvalue weighted by molar-refractivity contribution is 6.04. The Morgan fingerprint density at radius 3 is 2.52 bits per heavy atom. The Labute approximate surface area is 240 Å². The number of fused-ring (bicyclic) bond motifs is 1. The quantitative estimate of drug-likeness (QED) is 0.263. The molecular weight excluding hydrogens is 543 g/mol. The van der Waals surface area contributed by atoms with Crippen LogP contribution < -0.4 is 16.1 Å². The van der Waals surface area contributed by atoms with E-state index in [0.29, 0.717) is 17.2 Å². The molecule has 0 radical (unpaired) electrons. The number of carbonyl (C=O) groups excluding carboxylic acids is 1. The molecule has 2 aromatic heterocycles. The third-order valence-corrected chi connectivity index (χ3v) is 6.78. The van der Waals surface area contributed by atoms with Gasteiger partial charge in [0.15, 0.2) is 5.65 Å². The molecule has 5 rings (SSSR count). The number of pyridine rings is 1. The van der Waals surface area contributed by atoms with Crippen molar-refractivity contribution in [2.75, 3.05) is 17.7 Å². The van der Waals surface area contributed by atoms with Gasteiger partial charge in [-0.05, 0) is 79.9 Å². The molecular formula is C31H28F3N7O. The van der Waals surface area contributed by atoms with Crippen molar-refractivity contribution in [1.29, 1.82) is 0 Å². The van der Waals surface area contributed by atoms with Crippen LogP contribution in [-0.2, 0) is 12.7 Å². The van der Waals surface area contributed by atoms with Crippen molar-refractivity contribution in [2.24, 2.45) is 0 Å². The van der Waals surface area contributed by atoms with Crippen LogP contribution in [0.3, 0.4) is 0 Å². The number of anilines is 2. The average Bonchev–Trinajstić information content (AvgIpc) is 3.39. The van der Waals surface area contributed by atoms with E-state index in [1.807, 2.05) is 32.9 Å². The minimum atomic E-state index is -4.60. The van der Waals surface area contributed by atoms with Crippen LogP contribution in [0.15, 0.2) is 72.6 Å². The van der Waals surface area contributed by atoms with Crippen molar-refractivity contribution >= 4 is 23.2 Å². The molecule has 0 fully saturated rings. The van der Waals surface area contributed by atoms with E-state index >= 15 is 0 Å². The first-order valence-electron chi connectivity index (χ1n) is 13.1. The van der Waals surface area contributed by atoms with Crippen molar-refractivity contribution < 1.29 is 18.0 Å². The van der Waals surface area contributed by atoms with Gasteiger partial charge in [0, 0.05) is 41.8 Å². The molecule has 0 spiro atoms. The number of benzene rings is 2. The fourth-order valence-corrected chi connectivity index (χ4v) is 4.37. The maximum Gasteiger partial charge on any atom is 0.416 e. The lowest BCUT2D eigenvalue weighted by molar-refractivity contribution is -0.138. The third-order valence-electron chi connectivity index (χ3n) is 6.78. The summed E-state index contributed by atoms with van der Waals surface area (Å²) in [7, 11) is 1.74. The number of hydrogen-bond acceptors (Lipinski definition) is 6. The summed E-state index contributed by atoms with van der Waals surface area (Å²) in [6, 6.07) is 12.5. The zero-order valence-corrected chi connectivity index (χ0v) is 23.4. The molecule has 1 amide bonds. The SMILES string of the molecule is CNc1nc2ccc(C#Cc3cc(C(=O)Nc4ccc(CN5C=CC(C)=CN5)c(C(F)(F)F)c4)ccc3C)c(C)n2n1. The van der Waals surface area contributed by atoms with Gasteiger partial charge in [0.25, 0.3) is 5.91 Å². The molecule has 0 atom stereocenters. The number of alkyl halides is 3. The number of allylic oxidation sites excluding steroid dienone is 2. The predicted molar refractivity (Wildman–Crippen MR) is 155 cm³/mol. The van der Waals surface area contributed by atoms with Gasteiger partial charge in [-0.1, -0.05) is 24.0 Å². The van der Waals surface area contributed by atoms with Crippen molar-refractivity contribution in [2.45, 2.75) is 33.5 Å². The first-order chi connectivity index (χ1) is 20.0. The molecule has 3 N–H and O–H groups in total. The van der Waals surface area contributed by atoms with Gasteiger partial charge in [0.1, 0.15) is 0 Å². The highest BCUT2D eigenvalue weighted by Gasteiger charge is 2.34. The summed E-state index contributed by atoms with van der Waals surface area (Å²) in [6.07, 6.45) is 0.584. The van der Waals surface area contributed by atoms with Gasteiger partial charge >= 0.3 is 6.18 Å². The van der Waals surface area contributed by atoms with E-state index in [9.17, 15) is 18.0 Å². The van der Waals surface area contributed by atoms with Crippen LogP contribution >= 0.6 is 0 Å². The molecule has 1 aliphatic rings. The Bertz CT molecular complexity index is 1810. The Kier molecular flexibility index (Phi) is 7.63. The molecule has 0 saturated carbocycles. The smallest absolute Gasteiger partial charge is 0.356 e. The molecule has 0 aliphatic carbocycles. The lowest BCUT2D eigenvalue weighted by Gasteiger charge is -2.25. The largest absolute Gasteiger partial charge is 0.416 e. The van der Waals surface area contributed by atoms with Crippen LogP contribution in [0.1, 0.15) is 50.8 Å². The monoisotopic (exact) mass is 571 g/mol. The minimum Gasteiger partial charge on any atom is -0.356 e. The van der Waals surface area contributed by atoms with E-state index < -0.39 is 17.6 Å². The zero-order valence-electron chi connectivity index (χ0n) is 23.4. The number of aryl methyl sites for hydroxylation is 2. The van der Waals surface area contributed by atoms with Gasteiger partial charge in [-0.15, -0.1) is 5.10 Å². The van der Waals surface area contributed by atoms with E-state index in [1.165, 1.54) is 12.1 Å². The summed E-state index contributed by atoms with van der Waals surface area (Å²) < 4.78 is 43.6. The Morgan fingerprint density at radius 2 is 1.81 bits per heavy atom. The first-order valence-corrected chi connectivity index (χ1v) is 13.1. The zero-order chi connectivity index (χ0) is 30.0. The molecule has 8 nitrogen and oxygen atoms in total. The number of nitrogens with one attached hydrogen (secondary N) is 3. The third kappa shape index (κ3) is 6.07. The summed E-state index contributed by atoms with van der Waals surface area (Å²) in [5.74, 6) is 6.21. The highest BCUT2D eigenvalue weighted by atomic mass is 19.4. The average molecular weight is 572 g/mol. The molecule has 0 saturated heterocycles. The Hall–Kier alpha value is -5.24. The number of halogens is 3. The summed E-state index contributed by atoms with van der Waals surface area (Å²) >= 11 is 0. The predicted octanol–water partition coefficient (Wildman–Crippen LogP) is 5.80. The van der Waals surface area contributed by atoms with E-state index in [-0.39, 0.29) is 23.4 Å². The molecule has 1 aliphatic heterocycles. The molecule has 4 aromatic rings. The lowest BCUT2D eigenvalue weighted by atomic mass is 10.0. The van der Waals surface area contributed by atoms with Gasteiger partial charge in [-0.25, -0.2) is 4.52 Å². The Morgan fingerprint density at radius 1 is 1.02 bits per heavy atom. The summed E-state index contributed by atoms with van der Waals surface area (Å²) in [6.45, 7) is 5.63. The molecule has 0 unspecified atom stereocenters. The number of hydrazine groups is 1. The van der Waals surface area contributed by atoms with Crippen LogP contribution in [-0.4, -0.2) is 32.6 Å². The Balaban J connectivity index is 1.37. The second-order valence-corrected chi connectivity index (χ2v) is 9.85. The summed E-state index contributed by atoms with van der Waals surface area (Å²) in [5, 5.41) is 11.5. The van der Waals surface area contributed by atoms with E-state index in [0.717, 1.165) is 28.5 Å². The van der Waals surface area contributed by atoms with Gasteiger partial charge in [-0.2, -0.15) is 18.2 Å². The number of hydrogen-bond donors (Lipinski definition) is 3. The maximum atomic E-state index is 14.0. The summed E-state index contributed by atoms with van der Waals surface area (Å²) in [4.78, 5) is 17.4. The van der Waals surface area contributed by atoms with Crippen LogP contribution in [0.2, 0.25) is 0 Å². The van der Waals surface area contributed by atoms with Crippen molar-refractivity contribution in [3.63, 3.8) is 0 Å². The van der Waals surface area contributed by atoms with E-state index in [1.54, 1.807) is 53.2 Å². The number of nitrogens with zero attached hydrogens (tertiary/aromatic N) is 4. The van der Waals surface area contributed by atoms with Crippen molar-refractivity contribution in [1.82, 2.24) is 25.0 Å². The molecule has 214 valence electrons. The van der Waals surface area contributed by atoms with Gasteiger partial charge < -0.3 is 16.1 Å². The van der Waals surface area contributed by atoms with Crippen molar-refractivity contribution in [3.05, 3.63) is 112 Å². The maximum absolute atomic E-state index is 14.0. The van der Waals surface area contributed by atoms with Gasteiger partial charge in [0.2, 0.25) is 5.95 Å². The number of aromatic nitrogens is 3. The second kappa shape index (κ2) is 11.3. The molecule has 11 heteroatoms. The minimum absolute atomic E-state index is 0.0106. The fourth-order valence-electron chi connectivity index (χ4n) is 4.37. The van der Waals surface area contributed by atoms with Crippen molar-refractivity contribution in [3.8, 4) is 11.8 Å². The first kappa shape index (κ1) is 28.3. The standard InChI is InChI=1S/C31H28F3N7O/c1-19-13-14-40(36-17-19)18-25-9-11-26(16-27(25)31(32,33)34)37-29(42)24-6-5-20(2)23(15-24)8-7-22-10-12-28-38-30(35-4)39-41(28)21(22)3/h5-6,9-17,36H,18H2,1-4H3,(H,35,39)(H,37,42). The highest BCUT2D eigenvalue weighted by Crippen LogP contribution is 2.34. The number of amides is 1. The number of rotatable bonds is 5. The van der Waals surface area contributed by atoms with Crippen LogP contribution in [0.5, 0.6) is 0 Å². The topological polar surface area (TPSA) is 86.6 Å². The van der Waals surface area contributed by atoms with E-state index in [2.05, 4.69) is 38.0 Å². The van der Waals surface area contributed by atoms with Gasteiger partial charge in [-0.3, -0.25) is 9.80 Å². The second-order valence-electron chi connectivity index (χ2n) is 9.85. The lowest BCUT2D eigenvalue weighted by Crippen LogP contribution is -2.31. The normalized spacial score (nSPS) is 12.8. The van der Waals surface area contributed by atoms with Crippen LogP contribution in [0, 0.1) is 25.7 Å². The fraction of sp³-hybridized carbons (Fsp3) is 0.194. The van der Waals surface area contributed by atoms with Gasteiger partial charge in [0.05, 0.1) is 17.8 Å². The summed E-state index contributed by atoms with van der Waals surface area (Å²) in [5.41, 5.74) is 7.16. The molecule has 0 bridgehead atoms. The molecule has 42 heavy (non-hydrogen) atoms. The van der Waals surface area contributed by atoms with Crippen LogP contribution in [0.25, 0.3) is 5.65 Å². The number of carbonyl (C=O) groups is 1.